The molecule has 0 spiro atoms. The van der Waals surface area contributed by atoms with Gasteiger partial charge < -0.3 is 0 Å². The molecule has 84 valence electrons. The van der Waals surface area contributed by atoms with Gasteiger partial charge in [-0.05, 0) is 13.0 Å². The van der Waals surface area contributed by atoms with Crippen molar-refractivity contribution in [2.24, 2.45) is 5.84 Å². The normalized spacial score (nSPS) is 12.6. The third-order valence-corrected chi connectivity index (χ3v) is 3.07. The van der Waals surface area contributed by atoms with Crippen molar-refractivity contribution in [3.63, 3.8) is 0 Å². The van der Waals surface area contributed by atoms with Gasteiger partial charge in [-0.25, -0.2) is 15.0 Å². The molecule has 0 aromatic carbocycles. The number of hydrazine groups is 1. The molecular formula is C10H13N5S. The lowest BCUT2D eigenvalue weighted by Gasteiger charge is -2.13. The Kier molecular flexibility index (Phi) is 3.55. The van der Waals surface area contributed by atoms with E-state index in [1.54, 1.807) is 17.5 Å². The Morgan fingerprint density at radius 3 is 3.00 bits per heavy atom. The lowest BCUT2D eigenvalue weighted by molar-refractivity contribution is 0.532. The Hall–Kier alpha value is -1.37. The molecule has 3 N–H and O–H groups in total. The van der Waals surface area contributed by atoms with E-state index in [1.807, 2.05) is 18.4 Å². The molecule has 0 radical (unpaired) electrons. The number of hydrogen-bond donors (Lipinski definition) is 2. The van der Waals surface area contributed by atoms with Crippen molar-refractivity contribution in [2.45, 2.75) is 19.4 Å². The largest absolute Gasteiger partial charge is 0.271 e. The van der Waals surface area contributed by atoms with Crippen LogP contribution in [0.2, 0.25) is 0 Å². The van der Waals surface area contributed by atoms with Gasteiger partial charge in [-0.1, -0.05) is 0 Å². The van der Waals surface area contributed by atoms with E-state index in [1.165, 1.54) is 6.33 Å². The Balaban J connectivity index is 2.12. The standard InChI is InChI=1S/C10H13N5S/c1-7-14-8(5-16-7)4-10(15-11)9-2-3-12-6-13-9/h2-3,5-6,10,15H,4,11H2,1H3. The minimum absolute atomic E-state index is 0.0236. The van der Waals surface area contributed by atoms with E-state index in [2.05, 4.69) is 20.4 Å². The van der Waals surface area contributed by atoms with Crippen LogP contribution in [-0.2, 0) is 6.42 Å². The summed E-state index contributed by atoms with van der Waals surface area (Å²) in [5.74, 6) is 5.52. The summed E-state index contributed by atoms with van der Waals surface area (Å²) in [5.41, 5.74) is 4.66. The third-order valence-electron chi connectivity index (χ3n) is 2.24. The third kappa shape index (κ3) is 2.60. The summed E-state index contributed by atoms with van der Waals surface area (Å²) in [6, 6.07) is 1.83. The molecule has 0 fully saturated rings. The quantitative estimate of drug-likeness (QED) is 0.610. The zero-order valence-corrected chi connectivity index (χ0v) is 9.74. The fourth-order valence-electron chi connectivity index (χ4n) is 1.47. The monoisotopic (exact) mass is 235 g/mol. The SMILES string of the molecule is Cc1nc(CC(NN)c2ccncn2)cs1. The molecule has 1 unspecified atom stereocenters. The lowest BCUT2D eigenvalue weighted by atomic mass is 10.1. The molecule has 2 aromatic heterocycles. The number of thiazole rings is 1. The van der Waals surface area contributed by atoms with Gasteiger partial charge >= 0.3 is 0 Å². The predicted molar refractivity (Wildman–Crippen MR) is 62.7 cm³/mol. The van der Waals surface area contributed by atoms with Gasteiger partial charge in [0.2, 0.25) is 0 Å². The molecule has 1 atom stereocenters. The van der Waals surface area contributed by atoms with E-state index in [0.717, 1.165) is 22.8 Å². The van der Waals surface area contributed by atoms with E-state index >= 15 is 0 Å². The minimum Gasteiger partial charge on any atom is -0.271 e. The van der Waals surface area contributed by atoms with E-state index < -0.39 is 0 Å². The second-order valence-electron chi connectivity index (χ2n) is 3.42. The highest BCUT2D eigenvalue weighted by Gasteiger charge is 2.13. The average Bonchev–Trinajstić information content (AvgIpc) is 2.73. The minimum atomic E-state index is -0.0236. The Labute approximate surface area is 97.7 Å². The molecule has 16 heavy (non-hydrogen) atoms. The zero-order chi connectivity index (χ0) is 11.4. The fourth-order valence-corrected chi connectivity index (χ4v) is 2.09. The first-order chi connectivity index (χ1) is 7.79. The van der Waals surface area contributed by atoms with Crippen molar-refractivity contribution >= 4 is 11.3 Å². The molecule has 0 saturated carbocycles. The first-order valence-corrected chi connectivity index (χ1v) is 5.80. The number of hydrogen-bond acceptors (Lipinski definition) is 6. The summed E-state index contributed by atoms with van der Waals surface area (Å²) in [4.78, 5) is 12.5. The highest BCUT2D eigenvalue weighted by atomic mass is 32.1. The van der Waals surface area contributed by atoms with Crippen molar-refractivity contribution in [1.29, 1.82) is 0 Å². The van der Waals surface area contributed by atoms with Crippen molar-refractivity contribution < 1.29 is 0 Å². The van der Waals surface area contributed by atoms with Crippen LogP contribution in [0.3, 0.4) is 0 Å². The zero-order valence-electron chi connectivity index (χ0n) is 8.92. The number of nitrogens with one attached hydrogen (secondary N) is 1. The molecular weight excluding hydrogens is 222 g/mol. The summed E-state index contributed by atoms with van der Waals surface area (Å²) < 4.78 is 0. The Morgan fingerprint density at radius 1 is 1.56 bits per heavy atom. The van der Waals surface area contributed by atoms with Crippen LogP contribution in [0.1, 0.15) is 22.4 Å². The van der Waals surface area contributed by atoms with Crippen molar-refractivity contribution in [3.8, 4) is 0 Å². The van der Waals surface area contributed by atoms with E-state index in [0.29, 0.717) is 0 Å². The van der Waals surface area contributed by atoms with Crippen LogP contribution in [-0.4, -0.2) is 15.0 Å². The first kappa shape index (κ1) is 11.1. The maximum atomic E-state index is 5.52. The van der Waals surface area contributed by atoms with Gasteiger partial charge in [0.1, 0.15) is 6.33 Å². The second kappa shape index (κ2) is 5.11. The summed E-state index contributed by atoms with van der Waals surface area (Å²) in [6.07, 6.45) is 3.96. The molecule has 0 aliphatic rings. The van der Waals surface area contributed by atoms with E-state index in [9.17, 15) is 0 Å². The maximum Gasteiger partial charge on any atom is 0.115 e. The van der Waals surface area contributed by atoms with Crippen LogP contribution in [0, 0.1) is 6.92 Å². The lowest BCUT2D eigenvalue weighted by Crippen LogP contribution is -2.30. The van der Waals surface area contributed by atoms with Crippen molar-refractivity contribution in [2.75, 3.05) is 0 Å². The summed E-state index contributed by atoms with van der Waals surface area (Å²) >= 11 is 1.64. The number of rotatable bonds is 4. The van der Waals surface area contributed by atoms with Gasteiger partial charge in [0.25, 0.3) is 0 Å². The second-order valence-corrected chi connectivity index (χ2v) is 4.48. The van der Waals surface area contributed by atoms with E-state index in [4.69, 9.17) is 5.84 Å². The van der Waals surface area contributed by atoms with Gasteiger partial charge in [0, 0.05) is 18.0 Å². The summed E-state index contributed by atoms with van der Waals surface area (Å²) in [7, 11) is 0. The number of nitrogens with two attached hydrogens (primary N) is 1. The Bertz CT molecular complexity index is 441. The smallest absolute Gasteiger partial charge is 0.115 e. The molecule has 5 nitrogen and oxygen atoms in total. The van der Waals surface area contributed by atoms with Crippen molar-refractivity contribution in [3.05, 3.63) is 40.4 Å². The van der Waals surface area contributed by atoms with Crippen LogP contribution in [0.4, 0.5) is 0 Å². The molecule has 0 saturated heterocycles. The van der Waals surface area contributed by atoms with Crippen LogP contribution in [0.25, 0.3) is 0 Å². The highest BCUT2D eigenvalue weighted by Crippen LogP contribution is 2.16. The Morgan fingerprint density at radius 2 is 2.44 bits per heavy atom. The molecule has 2 rings (SSSR count). The van der Waals surface area contributed by atoms with Gasteiger partial charge in [0.15, 0.2) is 0 Å². The summed E-state index contributed by atoms with van der Waals surface area (Å²) in [5, 5.41) is 3.11. The van der Waals surface area contributed by atoms with Crippen LogP contribution < -0.4 is 11.3 Å². The molecule has 0 amide bonds. The fraction of sp³-hybridized carbons (Fsp3) is 0.300. The van der Waals surface area contributed by atoms with Gasteiger partial charge in [-0.15, -0.1) is 11.3 Å². The molecule has 2 aromatic rings. The van der Waals surface area contributed by atoms with Crippen LogP contribution >= 0.6 is 11.3 Å². The molecule has 0 aliphatic heterocycles. The predicted octanol–water partition coefficient (Wildman–Crippen LogP) is 0.989. The van der Waals surface area contributed by atoms with Crippen molar-refractivity contribution in [1.82, 2.24) is 20.4 Å². The molecule has 6 heteroatoms. The maximum absolute atomic E-state index is 5.52. The molecule has 2 heterocycles. The van der Waals surface area contributed by atoms with Crippen LogP contribution in [0.5, 0.6) is 0 Å². The van der Waals surface area contributed by atoms with Gasteiger partial charge in [-0.2, -0.15) is 0 Å². The van der Waals surface area contributed by atoms with E-state index in [-0.39, 0.29) is 6.04 Å². The number of nitrogens with zero attached hydrogens (tertiary/aromatic N) is 3. The van der Waals surface area contributed by atoms with Gasteiger partial charge in [0.05, 0.1) is 22.4 Å². The highest BCUT2D eigenvalue weighted by molar-refractivity contribution is 7.09. The molecule has 0 aliphatic carbocycles. The molecule has 0 bridgehead atoms. The summed E-state index contributed by atoms with van der Waals surface area (Å²) in [6.45, 7) is 1.99. The number of aromatic nitrogens is 3. The topological polar surface area (TPSA) is 76.7 Å². The van der Waals surface area contributed by atoms with Gasteiger partial charge in [-0.3, -0.25) is 11.3 Å². The first-order valence-electron chi connectivity index (χ1n) is 4.92. The number of aryl methyl sites for hydroxylation is 1. The average molecular weight is 235 g/mol. The van der Waals surface area contributed by atoms with Crippen LogP contribution in [0.15, 0.2) is 24.0 Å².